The molecule has 0 bridgehead atoms. The summed E-state index contributed by atoms with van der Waals surface area (Å²) in [5.41, 5.74) is 6.77. The number of halogens is 1. The van der Waals surface area contributed by atoms with E-state index in [9.17, 15) is 4.39 Å². The molecule has 1 saturated heterocycles. The van der Waals surface area contributed by atoms with Gasteiger partial charge in [-0.3, -0.25) is 0 Å². The van der Waals surface area contributed by atoms with Crippen LogP contribution < -0.4 is 10.5 Å². The van der Waals surface area contributed by atoms with Gasteiger partial charge in [-0.05, 0) is 24.6 Å². The van der Waals surface area contributed by atoms with Crippen molar-refractivity contribution in [3.63, 3.8) is 0 Å². The highest BCUT2D eigenvalue weighted by Crippen LogP contribution is 2.44. The van der Waals surface area contributed by atoms with Crippen LogP contribution in [0.15, 0.2) is 18.2 Å². The number of rotatable bonds is 1. The van der Waals surface area contributed by atoms with Gasteiger partial charge in [-0.1, -0.05) is 6.92 Å². The van der Waals surface area contributed by atoms with E-state index in [-0.39, 0.29) is 23.6 Å². The largest absolute Gasteiger partial charge is 0.487 e. The number of hydrogen-bond donors (Lipinski definition) is 1. The lowest BCUT2D eigenvalue weighted by atomic mass is 9.80. The SMILES string of the molecule is CCC1CC2(CCO1)CC(N)c1cc(F)ccc1O2. The van der Waals surface area contributed by atoms with Crippen molar-refractivity contribution in [3.8, 4) is 5.75 Å². The molecule has 0 aromatic heterocycles. The van der Waals surface area contributed by atoms with Crippen molar-refractivity contribution >= 4 is 0 Å². The smallest absolute Gasteiger partial charge is 0.125 e. The van der Waals surface area contributed by atoms with E-state index in [0.717, 1.165) is 37.0 Å². The minimum Gasteiger partial charge on any atom is -0.487 e. The number of hydrogen-bond acceptors (Lipinski definition) is 3. The van der Waals surface area contributed by atoms with Gasteiger partial charge in [-0.25, -0.2) is 4.39 Å². The third-order valence-corrected chi connectivity index (χ3v) is 4.26. The summed E-state index contributed by atoms with van der Waals surface area (Å²) in [5, 5.41) is 0. The molecular weight excluding hydrogens is 245 g/mol. The molecule has 104 valence electrons. The Kier molecular flexibility index (Phi) is 3.23. The lowest BCUT2D eigenvalue weighted by Gasteiger charge is -2.45. The molecule has 0 amide bonds. The summed E-state index contributed by atoms with van der Waals surface area (Å²) in [5.74, 6) is 0.476. The van der Waals surface area contributed by atoms with Crippen LogP contribution in [0.2, 0.25) is 0 Å². The second kappa shape index (κ2) is 4.76. The zero-order valence-electron chi connectivity index (χ0n) is 11.2. The maximum absolute atomic E-state index is 13.3. The monoisotopic (exact) mass is 265 g/mol. The van der Waals surface area contributed by atoms with E-state index in [1.165, 1.54) is 12.1 Å². The zero-order valence-corrected chi connectivity index (χ0v) is 11.2. The highest BCUT2D eigenvalue weighted by Gasteiger charge is 2.43. The van der Waals surface area contributed by atoms with Crippen LogP contribution in [0.5, 0.6) is 5.75 Å². The molecule has 2 N–H and O–H groups in total. The Balaban J connectivity index is 1.89. The Morgan fingerprint density at radius 2 is 2.26 bits per heavy atom. The first-order valence-electron chi connectivity index (χ1n) is 6.97. The minimum absolute atomic E-state index is 0.157. The van der Waals surface area contributed by atoms with Gasteiger partial charge in [0, 0.05) is 30.9 Å². The molecule has 0 radical (unpaired) electrons. The molecule has 2 heterocycles. The molecule has 3 atom stereocenters. The maximum Gasteiger partial charge on any atom is 0.125 e. The van der Waals surface area contributed by atoms with Crippen LogP contribution >= 0.6 is 0 Å². The number of benzene rings is 1. The van der Waals surface area contributed by atoms with Crippen LogP contribution in [0, 0.1) is 5.82 Å². The van der Waals surface area contributed by atoms with Gasteiger partial charge in [0.2, 0.25) is 0 Å². The van der Waals surface area contributed by atoms with Crippen LogP contribution in [0.25, 0.3) is 0 Å². The molecule has 1 aromatic carbocycles. The van der Waals surface area contributed by atoms with E-state index in [2.05, 4.69) is 6.92 Å². The second-order valence-corrected chi connectivity index (χ2v) is 5.63. The Hall–Kier alpha value is -1.13. The van der Waals surface area contributed by atoms with Crippen LogP contribution in [0.4, 0.5) is 4.39 Å². The first-order valence-corrected chi connectivity index (χ1v) is 6.97. The summed E-state index contributed by atoms with van der Waals surface area (Å²) in [6.45, 7) is 2.83. The maximum atomic E-state index is 13.3. The van der Waals surface area contributed by atoms with Crippen molar-refractivity contribution in [2.45, 2.75) is 50.4 Å². The summed E-state index contributed by atoms with van der Waals surface area (Å²) < 4.78 is 25.2. The van der Waals surface area contributed by atoms with Gasteiger partial charge in [0.05, 0.1) is 12.7 Å². The summed E-state index contributed by atoms with van der Waals surface area (Å²) in [6.07, 6.45) is 3.69. The fraction of sp³-hybridized carbons (Fsp3) is 0.600. The van der Waals surface area contributed by atoms with E-state index >= 15 is 0 Å². The van der Waals surface area contributed by atoms with Gasteiger partial charge in [0.15, 0.2) is 0 Å². The van der Waals surface area contributed by atoms with Crippen LogP contribution in [0.3, 0.4) is 0 Å². The van der Waals surface area contributed by atoms with E-state index in [4.69, 9.17) is 15.2 Å². The summed E-state index contributed by atoms with van der Waals surface area (Å²) in [7, 11) is 0. The second-order valence-electron chi connectivity index (χ2n) is 5.63. The van der Waals surface area contributed by atoms with Gasteiger partial charge < -0.3 is 15.2 Å². The predicted octanol–water partition coefficient (Wildman–Crippen LogP) is 2.94. The lowest BCUT2D eigenvalue weighted by molar-refractivity contribution is -0.102. The van der Waals surface area contributed by atoms with Crippen molar-refractivity contribution in [2.75, 3.05) is 6.61 Å². The average molecular weight is 265 g/mol. The zero-order chi connectivity index (χ0) is 13.5. The fourth-order valence-electron chi connectivity index (χ4n) is 3.22. The van der Waals surface area contributed by atoms with Crippen molar-refractivity contribution in [2.24, 2.45) is 5.73 Å². The molecule has 1 aromatic rings. The highest BCUT2D eigenvalue weighted by molar-refractivity contribution is 5.39. The third-order valence-electron chi connectivity index (χ3n) is 4.26. The quantitative estimate of drug-likeness (QED) is 0.849. The standard InChI is InChI=1S/C15H20FNO2/c1-2-11-8-15(5-6-18-11)9-13(17)12-7-10(16)3-4-14(12)19-15/h3-4,7,11,13H,2,5-6,8-9,17H2,1H3. The van der Waals surface area contributed by atoms with E-state index in [0.29, 0.717) is 6.61 Å². The van der Waals surface area contributed by atoms with Gasteiger partial charge in [0.1, 0.15) is 17.2 Å². The van der Waals surface area contributed by atoms with Gasteiger partial charge >= 0.3 is 0 Å². The summed E-state index contributed by atoms with van der Waals surface area (Å²) in [4.78, 5) is 0. The lowest BCUT2D eigenvalue weighted by Crippen LogP contribution is -2.49. The molecule has 3 rings (SSSR count). The van der Waals surface area contributed by atoms with Crippen LogP contribution in [0.1, 0.15) is 44.2 Å². The third kappa shape index (κ3) is 2.35. The molecule has 2 aliphatic rings. The number of ether oxygens (including phenoxy) is 2. The number of nitrogens with two attached hydrogens (primary N) is 1. The van der Waals surface area contributed by atoms with Gasteiger partial charge in [-0.15, -0.1) is 0 Å². The molecule has 0 aliphatic carbocycles. The van der Waals surface area contributed by atoms with Gasteiger partial charge in [-0.2, -0.15) is 0 Å². The number of fused-ring (bicyclic) bond motifs is 1. The summed E-state index contributed by atoms with van der Waals surface area (Å²) >= 11 is 0. The Morgan fingerprint density at radius 3 is 3.05 bits per heavy atom. The molecule has 0 saturated carbocycles. The molecule has 3 nitrogen and oxygen atoms in total. The normalized spacial score (nSPS) is 33.8. The first kappa shape index (κ1) is 12.9. The predicted molar refractivity (Wildman–Crippen MR) is 70.6 cm³/mol. The molecule has 4 heteroatoms. The minimum atomic E-state index is -0.257. The van der Waals surface area contributed by atoms with E-state index in [1.54, 1.807) is 6.07 Å². The summed E-state index contributed by atoms with van der Waals surface area (Å²) in [6, 6.07) is 4.46. The van der Waals surface area contributed by atoms with Crippen LogP contribution in [-0.2, 0) is 4.74 Å². The highest BCUT2D eigenvalue weighted by atomic mass is 19.1. The van der Waals surface area contributed by atoms with Crippen molar-refractivity contribution in [1.29, 1.82) is 0 Å². The molecule has 19 heavy (non-hydrogen) atoms. The Morgan fingerprint density at radius 1 is 1.42 bits per heavy atom. The molecular formula is C15H20FNO2. The van der Waals surface area contributed by atoms with Crippen molar-refractivity contribution in [3.05, 3.63) is 29.6 Å². The van der Waals surface area contributed by atoms with Crippen molar-refractivity contribution < 1.29 is 13.9 Å². The topological polar surface area (TPSA) is 44.5 Å². The van der Waals surface area contributed by atoms with Crippen molar-refractivity contribution in [1.82, 2.24) is 0 Å². The Labute approximate surface area is 112 Å². The average Bonchev–Trinajstić information content (AvgIpc) is 2.40. The molecule has 1 spiro atoms. The van der Waals surface area contributed by atoms with E-state index < -0.39 is 0 Å². The van der Waals surface area contributed by atoms with E-state index in [1.807, 2.05) is 0 Å². The van der Waals surface area contributed by atoms with Crippen LogP contribution in [-0.4, -0.2) is 18.3 Å². The Bertz CT molecular complexity index is 479. The fourth-order valence-corrected chi connectivity index (χ4v) is 3.22. The first-order chi connectivity index (χ1) is 9.12. The van der Waals surface area contributed by atoms with Gasteiger partial charge in [0.25, 0.3) is 0 Å². The molecule has 2 aliphatic heterocycles. The molecule has 1 fully saturated rings. The molecule has 3 unspecified atom stereocenters.